The number of esters is 2. The van der Waals surface area contributed by atoms with Gasteiger partial charge in [0.1, 0.15) is 0 Å². The standard InChI is InChI=1S/C11H12O7/c1-5(12)15-7-3-4-8(16-6(2)13)10-9(7)17-11(14)18-10/h3-4,7-10H,1-2H3/t7-,8+,9-,10+. The van der Waals surface area contributed by atoms with Crippen LogP contribution in [0.25, 0.3) is 0 Å². The summed E-state index contributed by atoms with van der Waals surface area (Å²) in [5, 5.41) is 0. The first-order valence-corrected chi connectivity index (χ1v) is 5.37. The van der Waals surface area contributed by atoms with Crippen molar-refractivity contribution in [3.05, 3.63) is 12.2 Å². The largest absolute Gasteiger partial charge is 0.509 e. The fourth-order valence-electron chi connectivity index (χ4n) is 1.93. The van der Waals surface area contributed by atoms with E-state index in [1.807, 2.05) is 0 Å². The second-order valence-corrected chi connectivity index (χ2v) is 3.95. The van der Waals surface area contributed by atoms with E-state index in [0.717, 1.165) is 0 Å². The lowest BCUT2D eigenvalue weighted by Gasteiger charge is -2.29. The van der Waals surface area contributed by atoms with Crippen LogP contribution in [0.1, 0.15) is 13.8 Å². The van der Waals surface area contributed by atoms with E-state index in [2.05, 4.69) is 0 Å². The fraction of sp³-hybridized carbons (Fsp3) is 0.545. The molecule has 0 spiro atoms. The minimum atomic E-state index is -0.872. The normalized spacial score (nSPS) is 33.1. The molecular weight excluding hydrogens is 244 g/mol. The maximum Gasteiger partial charge on any atom is 0.509 e. The predicted octanol–water partition coefficient (Wildman–Crippen LogP) is 0.324. The molecule has 1 aliphatic carbocycles. The molecule has 0 saturated carbocycles. The molecule has 0 radical (unpaired) electrons. The Kier molecular flexibility index (Phi) is 3.22. The van der Waals surface area contributed by atoms with Gasteiger partial charge in [0, 0.05) is 13.8 Å². The molecule has 7 heteroatoms. The van der Waals surface area contributed by atoms with Crippen molar-refractivity contribution in [1.29, 1.82) is 0 Å². The highest BCUT2D eigenvalue weighted by Gasteiger charge is 2.50. The molecule has 18 heavy (non-hydrogen) atoms. The van der Waals surface area contributed by atoms with Crippen LogP contribution in [-0.2, 0) is 28.5 Å². The first-order chi connectivity index (χ1) is 8.47. The van der Waals surface area contributed by atoms with Crippen LogP contribution in [0.5, 0.6) is 0 Å². The molecule has 0 bridgehead atoms. The van der Waals surface area contributed by atoms with Crippen LogP contribution < -0.4 is 0 Å². The van der Waals surface area contributed by atoms with Crippen LogP contribution in [0.3, 0.4) is 0 Å². The summed E-state index contributed by atoms with van der Waals surface area (Å²) < 4.78 is 19.8. The highest BCUT2D eigenvalue weighted by atomic mass is 16.8. The van der Waals surface area contributed by atoms with Gasteiger partial charge in [-0.1, -0.05) is 0 Å². The van der Waals surface area contributed by atoms with E-state index in [0.29, 0.717) is 0 Å². The van der Waals surface area contributed by atoms with E-state index in [9.17, 15) is 14.4 Å². The van der Waals surface area contributed by atoms with Gasteiger partial charge in [-0.2, -0.15) is 0 Å². The summed E-state index contributed by atoms with van der Waals surface area (Å²) >= 11 is 0. The van der Waals surface area contributed by atoms with Crippen molar-refractivity contribution in [3.63, 3.8) is 0 Å². The average Bonchev–Trinajstić information content (AvgIpc) is 2.63. The smallest absolute Gasteiger partial charge is 0.454 e. The van der Waals surface area contributed by atoms with Gasteiger partial charge in [0.2, 0.25) is 0 Å². The van der Waals surface area contributed by atoms with E-state index in [-0.39, 0.29) is 0 Å². The molecule has 0 aromatic heterocycles. The van der Waals surface area contributed by atoms with Crippen LogP contribution in [-0.4, -0.2) is 42.5 Å². The Balaban J connectivity index is 2.17. The number of carbonyl (C=O) groups excluding carboxylic acids is 3. The Morgan fingerprint density at radius 3 is 1.72 bits per heavy atom. The number of hydrogen-bond acceptors (Lipinski definition) is 7. The Bertz CT molecular complexity index is 378. The van der Waals surface area contributed by atoms with Crippen LogP contribution in [0.2, 0.25) is 0 Å². The quantitative estimate of drug-likeness (QED) is 0.399. The van der Waals surface area contributed by atoms with Gasteiger partial charge in [-0.05, 0) is 12.2 Å². The zero-order chi connectivity index (χ0) is 13.3. The Morgan fingerprint density at radius 2 is 1.39 bits per heavy atom. The number of ether oxygens (including phenoxy) is 4. The summed E-state index contributed by atoms with van der Waals surface area (Å²) in [7, 11) is 0. The lowest BCUT2D eigenvalue weighted by Crippen LogP contribution is -2.47. The molecule has 0 aromatic carbocycles. The monoisotopic (exact) mass is 256 g/mol. The third kappa shape index (κ3) is 2.44. The maximum atomic E-state index is 11.1. The summed E-state index contributed by atoms with van der Waals surface area (Å²) in [5.41, 5.74) is 0. The van der Waals surface area contributed by atoms with Crippen molar-refractivity contribution < 1.29 is 33.3 Å². The molecular formula is C11H12O7. The van der Waals surface area contributed by atoms with Gasteiger partial charge in [-0.3, -0.25) is 9.59 Å². The molecule has 1 saturated heterocycles. The first kappa shape index (κ1) is 12.4. The van der Waals surface area contributed by atoms with E-state index in [1.54, 1.807) is 0 Å². The molecule has 4 atom stereocenters. The number of carbonyl (C=O) groups is 3. The summed E-state index contributed by atoms with van der Waals surface area (Å²) in [6.07, 6.45) is -0.901. The molecule has 0 N–H and O–H groups in total. The molecule has 98 valence electrons. The minimum absolute atomic E-state index is 0.503. The van der Waals surface area contributed by atoms with Crippen molar-refractivity contribution in [2.24, 2.45) is 0 Å². The molecule has 0 amide bonds. The number of fused-ring (bicyclic) bond motifs is 1. The van der Waals surface area contributed by atoms with Gasteiger partial charge in [-0.25, -0.2) is 4.79 Å². The summed E-state index contributed by atoms with van der Waals surface area (Å²) in [6.45, 7) is 2.50. The van der Waals surface area contributed by atoms with Gasteiger partial charge in [0.15, 0.2) is 24.4 Å². The summed E-state index contributed by atoms with van der Waals surface area (Å²) in [6, 6.07) is 0. The Labute approximate surface area is 103 Å². The highest BCUT2D eigenvalue weighted by Crippen LogP contribution is 2.29. The van der Waals surface area contributed by atoms with Crippen molar-refractivity contribution in [3.8, 4) is 0 Å². The van der Waals surface area contributed by atoms with Crippen LogP contribution in [0.15, 0.2) is 12.2 Å². The molecule has 1 fully saturated rings. The third-order valence-electron chi connectivity index (χ3n) is 2.53. The Hall–Kier alpha value is -2.05. The predicted molar refractivity (Wildman–Crippen MR) is 55.4 cm³/mol. The average molecular weight is 256 g/mol. The van der Waals surface area contributed by atoms with E-state index >= 15 is 0 Å². The third-order valence-corrected chi connectivity index (χ3v) is 2.53. The van der Waals surface area contributed by atoms with Crippen LogP contribution in [0, 0.1) is 0 Å². The van der Waals surface area contributed by atoms with Gasteiger partial charge < -0.3 is 18.9 Å². The number of rotatable bonds is 2. The Morgan fingerprint density at radius 1 is 1.00 bits per heavy atom. The molecule has 0 aromatic rings. The SMILES string of the molecule is CC(=O)O[C@H]1C=C[C@@H](OC(C)=O)[C@H]2OC(=O)O[C@H]21. The van der Waals surface area contributed by atoms with Crippen LogP contribution >= 0.6 is 0 Å². The number of hydrogen-bond donors (Lipinski definition) is 0. The molecule has 7 nitrogen and oxygen atoms in total. The molecule has 2 aliphatic rings. The summed E-state index contributed by atoms with van der Waals surface area (Å²) in [5.74, 6) is -1.01. The fourth-order valence-corrected chi connectivity index (χ4v) is 1.93. The van der Waals surface area contributed by atoms with Gasteiger partial charge in [-0.15, -0.1) is 0 Å². The first-order valence-electron chi connectivity index (χ1n) is 5.37. The van der Waals surface area contributed by atoms with Crippen molar-refractivity contribution in [2.45, 2.75) is 38.3 Å². The minimum Gasteiger partial charge on any atom is -0.454 e. The van der Waals surface area contributed by atoms with Crippen molar-refractivity contribution >= 4 is 18.1 Å². The van der Waals surface area contributed by atoms with Gasteiger partial charge in [0.25, 0.3) is 0 Å². The maximum absolute atomic E-state index is 11.1. The lowest BCUT2D eigenvalue weighted by atomic mass is 9.96. The van der Waals surface area contributed by atoms with E-state index in [4.69, 9.17) is 18.9 Å². The van der Waals surface area contributed by atoms with Crippen LogP contribution in [0.4, 0.5) is 4.79 Å². The zero-order valence-electron chi connectivity index (χ0n) is 9.82. The van der Waals surface area contributed by atoms with Crippen molar-refractivity contribution in [2.75, 3.05) is 0 Å². The molecule has 1 aliphatic heterocycles. The molecule has 0 unspecified atom stereocenters. The van der Waals surface area contributed by atoms with E-state index < -0.39 is 42.5 Å². The van der Waals surface area contributed by atoms with Gasteiger partial charge in [0.05, 0.1) is 0 Å². The van der Waals surface area contributed by atoms with Crippen molar-refractivity contribution in [1.82, 2.24) is 0 Å². The second kappa shape index (κ2) is 4.67. The van der Waals surface area contributed by atoms with Gasteiger partial charge >= 0.3 is 18.1 Å². The molecule has 1 heterocycles. The second-order valence-electron chi connectivity index (χ2n) is 3.95. The van der Waals surface area contributed by atoms with E-state index in [1.165, 1.54) is 26.0 Å². The zero-order valence-corrected chi connectivity index (χ0v) is 9.82. The summed E-state index contributed by atoms with van der Waals surface area (Å²) in [4.78, 5) is 33.0. The highest BCUT2D eigenvalue weighted by molar-refractivity contribution is 5.68. The lowest BCUT2D eigenvalue weighted by molar-refractivity contribution is -0.157. The molecule has 2 rings (SSSR count). The topological polar surface area (TPSA) is 88.1 Å².